The van der Waals surface area contributed by atoms with Gasteiger partial charge in [0.25, 0.3) is 5.91 Å². The number of halogens is 1. The van der Waals surface area contributed by atoms with Gasteiger partial charge in [0, 0.05) is 37.4 Å². The number of hydrogen-bond donors (Lipinski definition) is 2. The van der Waals surface area contributed by atoms with Crippen molar-refractivity contribution in [2.45, 2.75) is 6.92 Å². The van der Waals surface area contributed by atoms with Gasteiger partial charge in [0.1, 0.15) is 16.5 Å². The number of carbonyl (C=O) groups is 1. The monoisotopic (exact) mass is 437 g/mol. The number of amides is 1. The number of thiazole rings is 1. The molecule has 6 nitrogen and oxygen atoms in total. The molecule has 1 amide bonds. The normalized spacial score (nSPS) is 14.6. The molecule has 3 aromatic rings. The first-order valence-corrected chi connectivity index (χ1v) is 10.9. The number of aromatic nitrogens is 1. The van der Waals surface area contributed by atoms with Crippen molar-refractivity contribution in [3.8, 4) is 10.4 Å². The number of nitrogens with one attached hydrogen (secondary N) is 1. The number of aryl methyl sites for hydroxylation is 1. The van der Waals surface area contributed by atoms with Crippen LogP contribution >= 0.6 is 11.3 Å². The Hall–Kier alpha value is -3.10. The molecule has 31 heavy (non-hydrogen) atoms. The highest BCUT2D eigenvalue weighted by molar-refractivity contribution is 7.17. The van der Waals surface area contributed by atoms with E-state index in [1.807, 2.05) is 26.1 Å². The summed E-state index contributed by atoms with van der Waals surface area (Å²) in [6.45, 7) is 4.72. The van der Waals surface area contributed by atoms with Crippen molar-refractivity contribution in [1.82, 2.24) is 14.8 Å². The van der Waals surface area contributed by atoms with Crippen LogP contribution in [0.4, 0.5) is 10.1 Å². The van der Waals surface area contributed by atoms with Gasteiger partial charge in [-0.1, -0.05) is 30.3 Å². The molecular formula is C23H24FN5OS. The molecule has 0 bridgehead atoms. The summed E-state index contributed by atoms with van der Waals surface area (Å²) in [7, 11) is 2.03. The SMILES string of the molecule is Cc1cccc(C(=N)c2nc(C(=O)N3CCN(C)CC3)c(-c3ccc(F)cc3)s2)c1N. The first-order chi connectivity index (χ1) is 14.8. The molecule has 1 fully saturated rings. The molecule has 2 aromatic carbocycles. The largest absolute Gasteiger partial charge is 0.398 e. The minimum absolute atomic E-state index is 0.167. The van der Waals surface area contributed by atoms with Gasteiger partial charge in [0.05, 0.1) is 10.6 Å². The van der Waals surface area contributed by atoms with Gasteiger partial charge >= 0.3 is 0 Å². The van der Waals surface area contributed by atoms with Crippen molar-refractivity contribution in [2.75, 3.05) is 39.0 Å². The molecule has 3 N–H and O–H groups in total. The Balaban J connectivity index is 1.76. The smallest absolute Gasteiger partial charge is 0.274 e. The van der Waals surface area contributed by atoms with Crippen LogP contribution in [0.25, 0.3) is 10.4 Å². The lowest BCUT2D eigenvalue weighted by atomic mass is 10.0. The minimum Gasteiger partial charge on any atom is -0.398 e. The van der Waals surface area contributed by atoms with Crippen molar-refractivity contribution in [1.29, 1.82) is 5.41 Å². The summed E-state index contributed by atoms with van der Waals surface area (Å²) in [6.07, 6.45) is 0. The van der Waals surface area contributed by atoms with E-state index in [1.165, 1.54) is 23.5 Å². The number of rotatable bonds is 4. The highest BCUT2D eigenvalue weighted by Gasteiger charge is 2.28. The third kappa shape index (κ3) is 4.22. The van der Waals surface area contributed by atoms with Crippen molar-refractivity contribution in [3.63, 3.8) is 0 Å². The fourth-order valence-corrected chi connectivity index (χ4v) is 4.57. The fourth-order valence-electron chi connectivity index (χ4n) is 3.54. The summed E-state index contributed by atoms with van der Waals surface area (Å²) >= 11 is 1.26. The van der Waals surface area contributed by atoms with Crippen molar-refractivity contribution in [2.24, 2.45) is 0 Å². The summed E-state index contributed by atoms with van der Waals surface area (Å²) in [6, 6.07) is 11.5. The third-order valence-electron chi connectivity index (χ3n) is 5.53. The summed E-state index contributed by atoms with van der Waals surface area (Å²) in [5.41, 5.74) is 9.36. The van der Waals surface area contributed by atoms with Crippen molar-refractivity contribution >= 4 is 28.6 Å². The Morgan fingerprint density at radius 1 is 1.13 bits per heavy atom. The summed E-state index contributed by atoms with van der Waals surface area (Å²) in [5.74, 6) is -0.513. The number of hydrogen-bond acceptors (Lipinski definition) is 6. The molecule has 0 unspecified atom stereocenters. The van der Waals surface area contributed by atoms with Crippen LogP contribution in [0.5, 0.6) is 0 Å². The van der Waals surface area contributed by atoms with Crippen LogP contribution in [0.15, 0.2) is 42.5 Å². The Bertz CT molecular complexity index is 1130. The van der Waals surface area contributed by atoms with Gasteiger partial charge in [0.15, 0.2) is 0 Å². The lowest BCUT2D eigenvalue weighted by molar-refractivity contribution is 0.0660. The predicted octanol–water partition coefficient (Wildman–Crippen LogP) is 3.64. The van der Waals surface area contributed by atoms with Crippen LogP contribution < -0.4 is 5.73 Å². The van der Waals surface area contributed by atoms with Crippen LogP contribution in [-0.4, -0.2) is 59.6 Å². The van der Waals surface area contributed by atoms with Crippen LogP contribution in [0.2, 0.25) is 0 Å². The number of nitrogen functional groups attached to an aromatic ring is 1. The molecule has 0 spiro atoms. The molecule has 0 atom stereocenters. The first-order valence-electron chi connectivity index (χ1n) is 10.0. The van der Waals surface area contributed by atoms with Gasteiger partial charge in [-0.15, -0.1) is 11.3 Å². The summed E-state index contributed by atoms with van der Waals surface area (Å²) in [5, 5.41) is 9.11. The van der Waals surface area contributed by atoms with E-state index < -0.39 is 0 Å². The first kappa shape index (κ1) is 21.1. The third-order valence-corrected chi connectivity index (χ3v) is 6.66. The number of para-hydroxylation sites is 1. The zero-order chi connectivity index (χ0) is 22.1. The molecule has 0 aliphatic carbocycles. The summed E-state index contributed by atoms with van der Waals surface area (Å²) in [4.78, 5) is 22.5. The number of benzene rings is 2. The molecule has 8 heteroatoms. The quantitative estimate of drug-likeness (QED) is 0.482. The van der Waals surface area contributed by atoms with Crippen LogP contribution in [-0.2, 0) is 0 Å². The van der Waals surface area contributed by atoms with Gasteiger partial charge in [-0.25, -0.2) is 9.37 Å². The molecule has 160 valence electrons. The number of piperazine rings is 1. The highest BCUT2D eigenvalue weighted by atomic mass is 32.1. The zero-order valence-electron chi connectivity index (χ0n) is 17.5. The van der Waals surface area contributed by atoms with E-state index in [0.29, 0.717) is 45.5 Å². The Morgan fingerprint density at radius 3 is 2.48 bits per heavy atom. The second kappa shape index (κ2) is 8.56. The molecule has 1 aliphatic heterocycles. The van der Waals surface area contributed by atoms with E-state index in [1.54, 1.807) is 23.1 Å². The molecule has 0 saturated carbocycles. The van der Waals surface area contributed by atoms with E-state index >= 15 is 0 Å². The molecule has 4 rings (SSSR count). The van der Waals surface area contributed by atoms with Crippen molar-refractivity contribution < 1.29 is 9.18 Å². The molecule has 1 aromatic heterocycles. The van der Waals surface area contributed by atoms with Gasteiger partial charge in [-0.05, 0) is 37.2 Å². The minimum atomic E-state index is -0.347. The van der Waals surface area contributed by atoms with E-state index in [4.69, 9.17) is 11.1 Å². The van der Waals surface area contributed by atoms with E-state index in [0.717, 1.165) is 18.7 Å². The van der Waals surface area contributed by atoms with Crippen LogP contribution in [0.3, 0.4) is 0 Å². The maximum atomic E-state index is 13.5. The average Bonchev–Trinajstić information content (AvgIpc) is 3.21. The Morgan fingerprint density at radius 2 is 1.81 bits per heavy atom. The van der Waals surface area contributed by atoms with Gasteiger partial charge in [-0.2, -0.15) is 0 Å². The van der Waals surface area contributed by atoms with Crippen molar-refractivity contribution in [3.05, 3.63) is 70.1 Å². The lowest BCUT2D eigenvalue weighted by Gasteiger charge is -2.32. The van der Waals surface area contributed by atoms with Gasteiger partial charge in [0.2, 0.25) is 0 Å². The Labute approximate surface area is 184 Å². The molecule has 1 saturated heterocycles. The number of carbonyl (C=O) groups excluding carboxylic acids is 1. The molecule has 2 heterocycles. The number of anilines is 1. The second-order valence-corrected chi connectivity index (χ2v) is 8.71. The summed E-state index contributed by atoms with van der Waals surface area (Å²) < 4.78 is 13.5. The van der Waals surface area contributed by atoms with Gasteiger partial charge < -0.3 is 15.5 Å². The topological polar surface area (TPSA) is 86.3 Å². The van der Waals surface area contributed by atoms with Crippen LogP contribution in [0.1, 0.15) is 26.6 Å². The number of nitrogens with two attached hydrogens (primary N) is 1. The van der Waals surface area contributed by atoms with E-state index in [9.17, 15) is 9.18 Å². The van der Waals surface area contributed by atoms with E-state index in [2.05, 4.69) is 9.88 Å². The maximum absolute atomic E-state index is 13.5. The highest BCUT2D eigenvalue weighted by Crippen LogP contribution is 2.33. The Kier molecular flexibility index (Phi) is 5.84. The number of likely N-dealkylation sites (N-methyl/N-ethyl adjacent to an activating group) is 1. The molecule has 1 aliphatic rings. The average molecular weight is 438 g/mol. The molecule has 0 radical (unpaired) electrons. The van der Waals surface area contributed by atoms with Crippen LogP contribution in [0, 0.1) is 18.2 Å². The maximum Gasteiger partial charge on any atom is 0.274 e. The standard InChI is InChI=1S/C23H24FN5OS/c1-14-4-3-5-17(18(14)25)19(26)22-27-20(23(30)29-12-10-28(2)11-13-29)21(31-22)15-6-8-16(24)9-7-15/h3-9,26H,10-13,25H2,1-2H3. The van der Waals surface area contributed by atoms with Gasteiger partial charge in [-0.3, -0.25) is 10.2 Å². The molecular weight excluding hydrogens is 413 g/mol. The predicted molar refractivity (Wildman–Crippen MR) is 122 cm³/mol. The number of nitrogens with zero attached hydrogens (tertiary/aromatic N) is 3. The van der Waals surface area contributed by atoms with E-state index in [-0.39, 0.29) is 17.4 Å². The second-order valence-electron chi connectivity index (χ2n) is 7.71. The lowest BCUT2D eigenvalue weighted by Crippen LogP contribution is -2.47. The fraction of sp³-hybridized carbons (Fsp3) is 0.261. The zero-order valence-corrected chi connectivity index (χ0v) is 18.3.